The number of rotatable bonds is 6. The fourth-order valence-corrected chi connectivity index (χ4v) is 2.85. The summed E-state index contributed by atoms with van der Waals surface area (Å²) in [5.41, 5.74) is 1.91. The minimum absolute atomic E-state index is 0.0499. The highest BCUT2D eigenvalue weighted by molar-refractivity contribution is 7.13. The van der Waals surface area contributed by atoms with Crippen LogP contribution in [0.15, 0.2) is 24.3 Å². The van der Waals surface area contributed by atoms with Gasteiger partial charge in [0.1, 0.15) is 22.2 Å². The van der Waals surface area contributed by atoms with E-state index in [-0.39, 0.29) is 11.9 Å². The molecule has 2 rings (SSSR count). The highest BCUT2D eigenvalue weighted by atomic mass is 32.1. The molecule has 1 aromatic carbocycles. The summed E-state index contributed by atoms with van der Waals surface area (Å²) in [6.07, 6.45) is 0.910. The van der Waals surface area contributed by atoms with Crippen molar-refractivity contribution in [1.82, 2.24) is 10.3 Å². The molecule has 0 saturated heterocycles. The first-order valence-electron chi connectivity index (χ1n) is 7.46. The van der Waals surface area contributed by atoms with E-state index in [1.807, 2.05) is 52.0 Å². The zero-order chi connectivity index (χ0) is 16.1. The summed E-state index contributed by atoms with van der Waals surface area (Å²) in [4.78, 5) is 17.3. The molecule has 0 bridgehead atoms. The van der Waals surface area contributed by atoms with E-state index in [4.69, 9.17) is 4.74 Å². The van der Waals surface area contributed by atoms with Crippen molar-refractivity contribution < 1.29 is 9.53 Å². The van der Waals surface area contributed by atoms with Gasteiger partial charge in [0.05, 0.1) is 5.69 Å². The number of aryl methyl sites for hydroxylation is 2. The molecule has 118 valence electrons. The summed E-state index contributed by atoms with van der Waals surface area (Å²) in [5.74, 6) is 0.768. The smallest absolute Gasteiger partial charge is 0.263 e. The number of nitrogens with zero attached hydrogens (tertiary/aromatic N) is 1. The van der Waals surface area contributed by atoms with Gasteiger partial charge in [0.25, 0.3) is 5.91 Å². The van der Waals surface area contributed by atoms with Crippen LogP contribution in [0.2, 0.25) is 0 Å². The summed E-state index contributed by atoms with van der Waals surface area (Å²) in [7, 11) is 0. The van der Waals surface area contributed by atoms with Gasteiger partial charge in [0, 0.05) is 6.04 Å². The van der Waals surface area contributed by atoms with Crippen LogP contribution < -0.4 is 10.1 Å². The highest BCUT2D eigenvalue weighted by Crippen LogP contribution is 2.21. The number of nitrogens with one attached hydrogen (secondary N) is 1. The van der Waals surface area contributed by atoms with E-state index in [1.165, 1.54) is 11.3 Å². The fourth-order valence-electron chi connectivity index (χ4n) is 1.97. The van der Waals surface area contributed by atoms with E-state index in [0.29, 0.717) is 11.5 Å². The third-order valence-electron chi connectivity index (χ3n) is 3.39. The number of benzene rings is 1. The molecule has 1 atom stereocenters. The molecule has 0 aliphatic carbocycles. The molecule has 0 aliphatic heterocycles. The number of carbonyl (C=O) groups is 1. The van der Waals surface area contributed by atoms with Crippen LogP contribution in [0.5, 0.6) is 5.75 Å². The lowest BCUT2D eigenvalue weighted by Gasteiger charge is -2.10. The Kier molecular flexibility index (Phi) is 5.55. The van der Waals surface area contributed by atoms with E-state index < -0.39 is 0 Å². The lowest BCUT2D eigenvalue weighted by molar-refractivity contribution is 0.0942. The molecular formula is C17H22N2O2S. The maximum Gasteiger partial charge on any atom is 0.263 e. The second-order valence-corrected chi connectivity index (χ2v) is 6.49. The van der Waals surface area contributed by atoms with Crippen LogP contribution in [0.1, 0.15) is 46.2 Å². The quantitative estimate of drug-likeness (QED) is 0.879. The van der Waals surface area contributed by atoms with Gasteiger partial charge >= 0.3 is 0 Å². The molecule has 4 nitrogen and oxygen atoms in total. The first-order chi connectivity index (χ1) is 10.5. The summed E-state index contributed by atoms with van der Waals surface area (Å²) in [5, 5.41) is 3.79. The van der Waals surface area contributed by atoms with Crippen molar-refractivity contribution in [3.05, 3.63) is 45.4 Å². The number of ether oxygens (including phenoxy) is 1. The van der Waals surface area contributed by atoms with E-state index >= 15 is 0 Å². The van der Waals surface area contributed by atoms with Crippen molar-refractivity contribution in [2.45, 2.75) is 46.8 Å². The Morgan fingerprint density at radius 2 is 2.18 bits per heavy atom. The predicted octanol–water partition coefficient (Wildman–Crippen LogP) is 3.87. The maximum atomic E-state index is 12.2. The lowest BCUT2D eigenvalue weighted by Crippen LogP contribution is -2.31. The van der Waals surface area contributed by atoms with E-state index in [1.54, 1.807) is 0 Å². The lowest BCUT2D eigenvalue weighted by atomic mass is 10.2. The topological polar surface area (TPSA) is 51.2 Å². The molecule has 5 heteroatoms. The number of thiazole rings is 1. The Morgan fingerprint density at radius 1 is 1.41 bits per heavy atom. The normalized spacial score (nSPS) is 12.0. The zero-order valence-electron chi connectivity index (χ0n) is 13.5. The van der Waals surface area contributed by atoms with Gasteiger partial charge in [-0.2, -0.15) is 0 Å². The summed E-state index contributed by atoms with van der Waals surface area (Å²) < 4.78 is 5.74. The molecule has 0 fully saturated rings. The van der Waals surface area contributed by atoms with Gasteiger partial charge in [-0.1, -0.05) is 19.1 Å². The molecule has 22 heavy (non-hydrogen) atoms. The highest BCUT2D eigenvalue weighted by Gasteiger charge is 2.16. The van der Waals surface area contributed by atoms with Gasteiger partial charge in [-0.05, 0) is 44.9 Å². The van der Waals surface area contributed by atoms with Crippen LogP contribution in [0.25, 0.3) is 0 Å². The van der Waals surface area contributed by atoms with E-state index in [9.17, 15) is 4.79 Å². The molecule has 0 spiro atoms. The average molecular weight is 318 g/mol. The summed E-state index contributed by atoms with van der Waals surface area (Å²) >= 11 is 1.40. The van der Waals surface area contributed by atoms with Gasteiger partial charge < -0.3 is 10.1 Å². The molecule has 0 aliphatic rings. The standard InChI is InChI=1S/C17H22N2O2S/c1-5-12(3)18-17(20)16-13(4)19-15(22-16)10-21-14-8-6-7-11(2)9-14/h6-9,12H,5,10H2,1-4H3,(H,18,20)/t12-/m0/s1. The van der Waals surface area contributed by atoms with E-state index in [0.717, 1.165) is 28.4 Å². The fraction of sp³-hybridized carbons (Fsp3) is 0.412. The zero-order valence-corrected chi connectivity index (χ0v) is 14.3. The van der Waals surface area contributed by atoms with Crippen LogP contribution in [0, 0.1) is 13.8 Å². The van der Waals surface area contributed by atoms with Crippen molar-refractivity contribution in [1.29, 1.82) is 0 Å². The molecule has 0 radical (unpaired) electrons. The Morgan fingerprint density at radius 3 is 2.86 bits per heavy atom. The second-order valence-electron chi connectivity index (χ2n) is 5.41. The van der Waals surface area contributed by atoms with Crippen LogP contribution >= 0.6 is 11.3 Å². The number of amides is 1. The van der Waals surface area contributed by atoms with Gasteiger partial charge in [-0.3, -0.25) is 4.79 Å². The monoisotopic (exact) mass is 318 g/mol. The Balaban J connectivity index is 2.01. The summed E-state index contributed by atoms with van der Waals surface area (Å²) in [6.45, 7) is 8.31. The maximum absolute atomic E-state index is 12.2. The van der Waals surface area contributed by atoms with Gasteiger partial charge in [-0.25, -0.2) is 4.98 Å². The second kappa shape index (κ2) is 7.40. The molecule has 1 N–H and O–H groups in total. The van der Waals surface area contributed by atoms with Crippen LogP contribution in [0.3, 0.4) is 0 Å². The van der Waals surface area contributed by atoms with E-state index in [2.05, 4.69) is 10.3 Å². The third-order valence-corrected chi connectivity index (χ3v) is 4.52. The van der Waals surface area contributed by atoms with Crippen LogP contribution in [-0.4, -0.2) is 16.9 Å². The molecule has 0 unspecified atom stereocenters. The molecule has 1 aromatic heterocycles. The number of aromatic nitrogens is 1. The predicted molar refractivity (Wildman–Crippen MR) is 89.6 cm³/mol. The van der Waals surface area contributed by atoms with Crippen molar-refractivity contribution in [2.75, 3.05) is 0 Å². The third kappa shape index (κ3) is 4.31. The largest absolute Gasteiger partial charge is 0.486 e. The molecule has 1 amide bonds. The molecular weight excluding hydrogens is 296 g/mol. The van der Waals surface area contributed by atoms with Gasteiger partial charge in [0.15, 0.2) is 0 Å². The minimum atomic E-state index is -0.0499. The Labute approximate surface area is 135 Å². The van der Waals surface area contributed by atoms with Crippen LogP contribution in [-0.2, 0) is 6.61 Å². The van der Waals surface area contributed by atoms with Gasteiger partial charge in [-0.15, -0.1) is 11.3 Å². The van der Waals surface area contributed by atoms with Crippen molar-refractivity contribution in [3.8, 4) is 5.75 Å². The first-order valence-corrected chi connectivity index (χ1v) is 8.28. The first kappa shape index (κ1) is 16.5. The van der Waals surface area contributed by atoms with Crippen molar-refractivity contribution in [2.24, 2.45) is 0 Å². The summed E-state index contributed by atoms with van der Waals surface area (Å²) in [6, 6.07) is 8.06. The number of carbonyl (C=O) groups excluding carboxylic acids is 1. The number of hydrogen-bond acceptors (Lipinski definition) is 4. The van der Waals surface area contributed by atoms with Crippen molar-refractivity contribution >= 4 is 17.2 Å². The number of hydrogen-bond donors (Lipinski definition) is 1. The Hall–Kier alpha value is -1.88. The minimum Gasteiger partial charge on any atom is -0.486 e. The average Bonchev–Trinajstić information content (AvgIpc) is 2.86. The SMILES string of the molecule is CC[C@H](C)NC(=O)c1sc(COc2cccc(C)c2)nc1C. The molecule has 0 saturated carbocycles. The molecule has 1 heterocycles. The van der Waals surface area contributed by atoms with Crippen LogP contribution in [0.4, 0.5) is 0 Å². The Bertz CT molecular complexity index is 652. The van der Waals surface area contributed by atoms with Gasteiger partial charge in [0.2, 0.25) is 0 Å². The van der Waals surface area contributed by atoms with Crippen molar-refractivity contribution in [3.63, 3.8) is 0 Å². The molecule has 2 aromatic rings.